The van der Waals surface area contributed by atoms with E-state index in [9.17, 15) is 38.7 Å². The van der Waals surface area contributed by atoms with Crippen molar-refractivity contribution in [2.45, 2.75) is 29.2 Å². The molecule has 242 valence electrons. The van der Waals surface area contributed by atoms with Crippen LogP contribution in [0.3, 0.4) is 0 Å². The average molecular weight is 696 g/mol. The molecule has 2 aromatic rings. The number of nitrogens with zero attached hydrogens (tertiary/aromatic N) is 7. The first-order chi connectivity index (χ1) is 22.0. The predicted molar refractivity (Wildman–Crippen MR) is 156 cm³/mol. The molecule has 0 bridgehead atoms. The minimum atomic E-state index is -2.11. The number of piperazine rings is 1. The molecule has 0 saturated carbocycles. The molecule has 19 nitrogen and oxygen atoms in total. The maximum Gasteiger partial charge on any atom is 1.00 e. The van der Waals surface area contributed by atoms with E-state index in [0.29, 0.717) is 4.90 Å². The zero-order valence-electron chi connectivity index (χ0n) is 24.9. The fourth-order valence-electron chi connectivity index (χ4n) is 5.11. The second-order valence-corrected chi connectivity index (χ2v) is 12.0. The molecule has 3 aliphatic heterocycles. The average Bonchev–Trinajstić information content (AvgIpc) is 3.47. The van der Waals surface area contributed by atoms with Crippen molar-refractivity contribution in [1.29, 1.82) is 0 Å². The van der Waals surface area contributed by atoms with E-state index in [0.717, 1.165) is 33.2 Å². The van der Waals surface area contributed by atoms with E-state index in [2.05, 4.69) is 31.5 Å². The number of carbonyl (C=O) groups excluding carboxylic acids is 7. The molecule has 3 atom stereocenters. The molecule has 22 heteroatoms. The van der Waals surface area contributed by atoms with Gasteiger partial charge >= 0.3 is 47.4 Å². The fraction of sp³-hybridized carbons (Fsp3) is 0.360. The molecule has 0 spiro atoms. The van der Waals surface area contributed by atoms with Crippen LogP contribution >= 0.6 is 23.5 Å². The summed E-state index contributed by atoms with van der Waals surface area (Å²) in [7, 11) is 0. The molecular formula is C25H26N11NaO8S2. The Kier molecular flexibility index (Phi) is 11.2. The first-order valence-corrected chi connectivity index (χ1v) is 15.6. The third kappa shape index (κ3) is 6.66. The summed E-state index contributed by atoms with van der Waals surface area (Å²) in [5, 5.41) is 29.2. The van der Waals surface area contributed by atoms with Gasteiger partial charge in [-0.3, -0.25) is 33.8 Å². The van der Waals surface area contributed by atoms with Crippen LogP contribution in [-0.4, -0.2) is 119 Å². The van der Waals surface area contributed by atoms with E-state index >= 15 is 0 Å². The van der Waals surface area contributed by atoms with Crippen LogP contribution < -0.4 is 56.5 Å². The van der Waals surface area contributed by atoms with Gasteiger partial charge in [0.2, 0.25) is 23.1 Å². The quantitative estimate of drug-likeness (QED) is 0.0324. The summed E-state index contributed by atoms with van der Waals surface area (Å²) in [4.78, 5) is 93.4. The molecule has 3 aliphatic rings. The number of nitrogen functional groups attached to an aromatic ring is 1. The molecular weight excluding hydrogens is 669 g/mol. The van der Waals surface area contributed by atoms with Gasteiger partial charge in [0.15, 0.2) is 0 Å². The van der Waals surface area contributed by atoms with Crippen LogP contribution in [0.25, 0.3) is 0 Å². The van der Waals surface area contributed by atoms with E-state index in [1.807, 2.05) is 0 Å². The minimum Gasteiger partial charge on any atom is -0.543 e. The summed E-state index contributed by atoms with van der Waals surface area (Å²) in [5.74, 6) is 0.136. The van der Waals surface area contributed by atoms with E-state index in [1.54, 1.807) is 25.1 Å². The van der Waals surface area contributed by atoms with Crippen LogP contribution in [0.15, 0.2) is 46.8 Å². The number of aliphatic carboxylic acids is 1. The number of likely N-dealkylation sites (N-methyl/N-ethyl adjacent to an activating group) is 1. The van der Waals surface area contributed by atoms with Crippen LogP contribution in [0.4, 0.5) is 4.79 Å². The molecule has 4 heterocycles. The molecule has 2 fully saturated rings. The van der Waals surface area contributed by atoms with Gasteiger partial charge in [0.05, 0.1) is 11.7 Å². The molecule has 2 saturated heterocycles. The summed E-state index contributed by atoms with van der Waals surface area (Å²) < 4.78 is 0. The Morgan fingerprint density at radius 2 is 1.91 bits per heavy atom. The van der Waals surface area contributed by atoms with Crippen LogP contribution in [0, 0.1) is 0 Å². The number of β-lactam (4-membered cyclic amide) rings is 1. The molecule has 5 N–H and O–H groups in total. The summed E-state index contributed by atoms with van der Waals surface area (Å²) in [6, 6.07) is 5.31. The van der Waals surface area contributed by atoms with Crippen LogP contribution in [0.5, 0.6) is 0 Å². The Labute approximate surface area is 296 Å². The first kappa shape index (κ1) is 35.7. The number of imide groups is 1. The predicted octanol–water partition coefficient (Wildman–Crippen LogP) is -6.90. The van der Waals surface area contributed by atoms with Gasteiger partial charge < -0.3 is 36.6 Å². The number of carboxylic acid groups (broad SMARTS) is 1. The largest absolute Gasteiger partial charge is 1.00 e. The Balaban J connectivity index is 0.00000500. The number of carbonyl (C=O) groups is 7. The third-order valence-corrected chi connectivity index (χ3v) is 9.80. The Hall–Kier alpha value is -4.18. The van der Waals surface area contributed by atoms with E-state index in [4.69, 9.17) is 5.84 Å². The number of urea groups is 1. The van der Waals surface area contributed by atoms with Crippen molar-refractivity contribution in [2.75, 3.05) is 37.0 Å². The number of carboxylic acids is 1. The molecule has 1 unspecified atom stereocenters. The molecule has 47 heavy (non-hydrogen) atoms. The Bertz CT molecular complexity index is 1640. The molecule has 0 radical (unpaired) electrons. The van der Waals surface area contributed by atoms with Gasteiger partial charge in [-0.25, -0.2) is 4.79 Å². The second-order valence-electron chi connectivity index (χ2n) is 9.97. The van der Waals surface area contributed by atoms with Crippen molar-refractivity contribution >= 4 is 65.6 Å². The number of hydrogen-bond donors (Lipinski definition) is 4. The maximum atomic E-state index is 13.8. The number of nitrogens with one attached hydrogen (secondary N) is 3. The molecule has 0 aliphatic carbocycles. The van der Waals surface area contributed by atoms with Crippen molar-refractivity contribution in [3.63, 3.8) is 0 Å². The topological polar surface area (TPSA) is 258 Å². The smallest absolute Gasteiger partial charge is 0.543 e. The third-order valence-electron chi connectivity index (χ3n) is 7.39. The van der Waals surface area contributed by atoms with Gasteiger partial charge in [-0.05, 0) is 28.5 Å². The van der Waals surface area contributed by atoms with Gasteiger partial charge in [-0.15, -0.1) is 16.6 Å². The van der Waals surface area contributed by atoms with Crippen LogP contribution in [-0.2, 0) is 28.8 Å². The summed E-state index contributed by atoms with van der Waals surface area (Å²) in [5.41, 5.74) is -2.03. The number of amides is 7. The Morgan fingerprint density at radius 3 is 2.53 bits per heavy atom. The summed E-state index contributed by atoms with van der Waals surface area (Å²) in [6.45, 7) is 1.94. The van der Waals surface area contributed by atoms with Crippen molar-refractivity contribution in [2.24, 2.45) is 0 Å². The number of rotatable bonds is 11. The minimum absolute atomic E-state index is 0. The van der Waals surface area contributed by atoms with E-state index < -0.39 is 58.4 Å². The van der Waals surface area contributed by atoms with Gasteiger partial charge in [0.1, 0.15) is 11.4 Å². The summed E-state index contributed by atoms with van der Waals surface area (Å²) >= 11 is 2.08. The monoisotopic (exact) mass is 695 g/mol. The van der Waals surface area contributed by atoms with E-state index in [1.165, 1.54) is 17.0 Å². The SMILES string of the molecule is CCN1CCN(C(=O)NC(C(=O)N[C@]2(NC=O)C(=O)N3C(C(=O)[O-])=C(CSc4nnnn4N)CS[C@H]32)c2ccccc2)C(=O)C1=O.[Na+]. The van der Waals surface area contributed by atoms with Gasteiger partial charge in [0, 0.05) is 31.1 Å². The van der Waals surface area contributed by atoms with Gasteiger partial charge in [-0.2, -0.15) is 0 Å². The number of aromatic nitrogens is 4. The standard InChI is InChI=1S/C25H27N11O8S2.Na/c1-2-33-8-9-34(19(40)18(33)39)23(44)28-15(13-6-4-3-5-7-13)17(38)29-25(27-12-37)21(43)35-16(20(41)42)14(10-45-22(25)35)11-46-24-30-31-32-36(24)26;/h3-7,12,15,22H,2,8-11,26H2,1H3,(H,27,37)(H,28,44)(H,29,38)(H,41,42);/q;+1/p-1/t15?,22-,25+;/m0./s1. The molecule has 1 aromatic heterocycles. The number of nitrogens with two attached hydrogens (primary N) is 1. The van der Waals surface area contributed by atoms with Crippen molar-refractivity contribution < 1.29 is 68.2 Å². The maximum absolute atomic E-state index is 13.8. The molecule has 5 rings (SSSR count). The van der Waals surface area contributed by atoms with E-state index in [-0.39, 0.29) is 83.4 Å². The molecule has 7 amide bonds. The van der Waals surface area contributed by atoms with Crippen molar-refractivity contribution in [3.8, 4) is 0 Å². The fourth-order valence-corrected chi connectivity index (χ4v) is 7.47. The normalized spacial score (nSPS) is 21.3. The van der Waals surface area contributed by atoms with Gasteiger partial charge in [-0.1, -0.05) is 47.2 Å². The van der Waals surface area contributed by atoms with Gasteiger partial charge in [0.25, 0.3) is 5.91 Å². The van der Waals surface area contributed by atoms with Crippen LogP contribution in [0.2, 0.25) is 0 Å². The van der Waals surface area contributed by atoms with Crippen LogP contribution in [0.1, 0.15) is 18.5 Å². The van der Waals surface area contributed by atoms with Crippen molar-refractivity contribution in [1.82, 2.24) is 51.0 Å². The number of tetrazole rings is 1. The van der Waals surface area contributed by atoms with Crippen molar-refractivity contribution in [3.05, 3.63) is 47.2 Å². The number of benzene rings is 1. The molecule has 1 aromatic carbocycles. The first-order valence-electron chi connectivity index (χ1n) is 13.6. The second kappa shape index (κ2) is 14.7. The zero-order chi connectivity index (χ0) is 33.2. The summed E-state index contributed by atoms with van der Waals surface area (Å²) in [6.07, 6.45) is 0.179. The number of fused-ring (bicyclic) bond motifs is 1. The number of hydrogen-bond acceptors (Lipinski definition) is 14. The number of thioether (sulfide) groups is 2. The zero-order valence-corrected chi connectivity index (χ0v) is 28.6. The Morgan fingerprint density at radius 1 is 1.19 bits per heavy atom.